The predicted molar refractivity (Wildman–Crippen MR) is 131 cm³/mol. The van der Waals surface area contributed by atoms with Gasteiger partial charge in [-0.05, 0) is 57.0 Å². The number of likely N-dealkylation sites (N-methyl/N-ethyl adjacent to an activating group) is 1. The molecule has 9 nitrogen and oxygen atoms in total. The lowest BCUT2D eigenvalue weighted by molar-refractivity contribution is 0.0894. The highest BCUT2D eigenvalue weighted by molar-refractivity contribution is 6.16. The number of benzene rings is 1. The fourth-order valence-corrected chi connectivity index (χ4v) is 5.11. The molecule has 1 aliphatic heterocycles. The number of fused-ring (bicyclic) bond motifs is 1. The number of aromatic hydroxyl groups is 1. The van der Waals surface area contributed by atoms with E-state index in [1.54, 1.807) is 18.2 Å². The number of aromatic nitrogens is 3. The highest BCUT2D eigenvalue weighted by Gasteiger charge is 2.28. The Balaban J connectivity index is 1.30. The van der Waals surface area contributed by atoms with Crippen LogP contribution in [0.2, 0.25) is 0 Å². The van der Waals surface area contributed by atoms with E-state index in [0.29, 0.717) is 29.2 Å². The maximum atomic E-state index is 9.76. The first-order valence-electron chi connectivity index (χ1n) is 11.7. The van der Waals surface area contributed by atoms with Gasteiger partial charge in [-0.1, -0.05) is 0 Å². The first kappa shape index (κ1) is 21.7. The van der Waals surface area contributed by atoms with Gasteiger partial charge in [0.25, 0.3) is 0 Å². The zero-order valence-electron chi connectivity index (χ0n) is 19.0. The van der Waals surface area contributed by atoms with Gasteiger partial charge in [0, 0.05) is 49.2 Å². The third kappa shape index (κ3) is 4.51. The first-order valence-corrected chi connectivity index (χ1v) is 11.7. The number of nitrogen functional groups attached to an aromatic ring is 1. The van der Waals surface area contributed by atoms with Crippen molar-refractivity contribution in [3.8, 4) is 5.75 Å². The number of anilines is 2. The summed E-state index contributed by atoms with van der Waals surface area (Å²) < 4.78 is 0. The summed E-state index contributed by atoms with van der Waals surface area (Å²) in [6, 6.07) is 7.89. The second-order valence-corrected chi connectivity index (χ2v) is 9.30. The number of nitrogens with two attached hydrogens (primary N) is 1. The summed E-state index contributed by atoms with van der Waals surface area (Å²) in [6.07, 6.45) is 5.92. The summed E-state index contributed by atoms with van der Waals surface area (Å²) in [6.45, 7) is 4.62. The molecule has 33 heavy (non-hydrogen) atoms. The molecule has 0 bridgehead atoms. The Morgan fingerprint density at radius 1 is 1.12 bits per heavy atom. The van der Waals surface area contributed by atoms with Crippen LogP contribution in [0, 0.1) is 5.41 Å². The van der Waals surface area contributed by atoms with Crippen molar-refractivity contribution in [2.75, 3.05) is 44.3 Å². The number of nitrogens with one attached hydrogen (secondary N) is 3. The number of piperazine rings is 1. The van der Waals surface area contributed by atoms with Crippen LogP contribution in [0.25, 0.3) is 10.9 Å². The van der Waals surface area contributed by atoms with Gasteiger partial charge in [-0.2, -0.15) is 0 Å². The molecule has 2 aromatic heterocycles. The van der Waals surface area contributed by atoms with E-state index in [-0.39, 0.29) is 17.3 Å². The van der Waals surface area contributed by atoms with Gasteiger partial charge < -0.3 is 26.0 Å². The maximum Gasteiger partial charge on any atom is 0.141 e. The van der Waals surface area contributed by atoms with Gasteiger partial charge >= 0.3 is 0 Å². The molecule has 0 radical (unpaired) electrons. The smallest absolute Gasteiger partial charge is 0.141 e. The van der Waals surface area contributed by atoms with Crippen LogP contribution in [0.4, 0.5) is 11.6 Å². The van der Waals surface area contributed by atoms with Gasteiger partial charge in [0.1, 0.15) is 23.7 Å². The summed E-state index contributed by atoms with van der Waals surface area (Å²) in [5, 5.41) is 23.0. The highest BCUT2D eigenvalue weighted by atomic mass is 16.3. The minimum atomic E-state index is 0.191. The van der Waals surface area contributed by atoms with Crippen molar-refractivity contribution in [2.45, 2.75) is 37.8 Å². The van der Waals surface area contributed by atoms with E-state index in [1.807, 2.05) is 6.07 Å². The average molecular weight is 449 g/mol. The minimum Gasteiger partial charge on any atom is -0.508 e. The number of hydrogen-bond acceptors (Lipinski definition) is 8. The molecule has 0 atom stereocenters. The summed E-state index contributed by atoms with van der Waals surface area (Å²) in [5.74, 6) is 1.08. The van der Waals surface area contributed by atoms with Crippen molar-refractivity contribution in [3.63, 3.8) is 0 Å². The minimum absolute atomic E-state index is 0.191. The number of H-pyrrole nitrogens is 1. The second kappa shape index (κ2) is 8.99. The van der Waals surface area contributed by atoms with Crippen LogP contribution < -0.4 is 11.1 Å². The first-order chi connectivity index (χ1) is 16.0. The summed E-state index contributed by atoms with van der Waals surface area (Å²) in [5.41, 5.74) is 8.42. The number of phenolic OH excluding ortho intramolecular Hbond substituents is 1. The van der Waals surface area contributed by atoms with Crippen molar-refractivity contribution in [3.05, 3.63) is 41.9 Å². The molecule has 0 amide bonds. The lowest BCUT2D eigenvalue weighted by Gasteiger charge is -2.41. The molecule has 1 aromatic carbocycles. The SMILES string of the molecule is CN1CCN(C2CCC(Nc3ncnc(N)c3C(=N)c3cc4cc(O)ccc4[nH]3)CC2)CC1. The Morgan fingerprint density at radius 3 is 2.64 bits per heavy atom. The fourth-order valence-electron chi connectivity index (χ4n) is 5.11. The number of nitrogens with zero attached hydrogens (tertiary/aromatic N) is 4. The van der Waals surface area contributed by atoms with Crippen LogP contribution in [0.5, 0.6) is 5.75 Å². The number of rotatable bonds is 5. The van der Waals surface area contributed by atoms with Gasteiger partial charge in [-0.3, -0.25) is 10.3 Å². The van der Waals surface area contributed by atoms with Crippen LogP contribution in [-0.2, 0) is 0 Å². The molecule has 3 aromatic rings. The topological polar surface area (TPSA) is 130 Å². The third-order valence-electron chi connectivity index (χ3n) is 7.09. The lowest BCUT2D eigenvalue weighted by atomic mass is 9.89. The molecule has 0 spiro atoms. The van der Waals surface area contributed by atoms with Crippen molar-refractivity contribution < 1.29 is 5.11 Å². The largest absolute Gasteiger partial charge is 0.508 e. The molecule has 1 saturated carbocycles. The van der Waals surface area contributed by atoms with Gasteiger partial charge in [0.2, 0.25) is 0 Å². The number of hydrogen-bond donors (Lipinski definition) is 5. The summed E-state index contributed by atoms with van der Waals surface area (Å²) in [4.78, 5) is 16.9. The normalized spacial score (nSPS) is 22.5. The van der Waals surface area contributed by atoms with Crippen LogP contribution in [0.1, 0.15) is 36.9 Å². The van der Waals surface area contributed by atoms with Crippen molar-refractivity contribution in [2.24, 2.45) is 0 Å². The molecule has 5 rings (SSSR count). The number of aromatic amines is 1. The third-order valence-corrected chi connectivity index (χ3v) is 7.09. The van der Waals surface area contributed by atoms with Crippen molar-refractivity contribution in [1.29, 1.82) is 5.41 Å². The van der Waals surface area contributed by atoms with Crippen LogP contribution >= 0.6 is 0 Å². The molecule has 6 N–H and O–H groups in total. The van der Waals surface area contributed by atoms with Gasteiger partial charge in [-0.15, -0.1) is 0 Å². The summed E-state index contributed by atoms with van der Waals surface area (Å²) >= 11 is 0. The van der Waals surface area contributed by atoms with E-state index < -0.39 is 0 Å². The second-order valence-electron chi connectivity index (χ2n) is 9.30. The molecule has 9 heteroatoms. The zero-order valence-corrected chi connectivity index (χ0v) is 19.0. The predicted octanol–water partition coefficient (Wildman–Crippen LogP) is 2.63. The van der Waals surface area contributed by atoms with E-state index in [1.165, 1.54) is 19.2 Å². The van der Waals surface area contributed by atoms with Crippen LogP contribution in [-0.4, -0.2) is 80.9 Å². The van der Waals surface area contributed by atoms with Crippen molar-refractivity contribution in [1.82, 2.24) is 24.8 Å². The van der Waals surface area contributed by atoms with E-state index in [4.69, 9.17) is 11.1 Å². The van der Waals surface area contributed by atoms with Gasteiger partial charge in [0.15, 0.2) is 0 Å². The van der Waals surface area contributed by atoms with Gasteiger partial charge in [0.05, 0.1) is 17.0 Å². The Labute approximate surface area is 193 Å². The van der Waals surface area contributed by atoms with Crippen molar-refractivity contribution >= 4 is 28.3 Å². The quantitative estimate of drug-likeness (QED) is 0.379. The van der Waals surface area contributed by atoms with E-state index in [0.717, 1.165) is 49.9 Å². The Morgan fingerprint density at radius 2 is 1.88 bits per heavy atom. The van der Waals surface area contributed by atoms with E-state index >= 15 is 0 Å². The molecule has 174 valence electrons. The van der Waals surface area contributed by atoms with Crippen LogP contribution in [0.3, 0.4) is 0 Å². The summed E-state index contributed by atoms with van der Waals surface area (Å²) in [7, 11) is 2.19. The Kier molecular flexibility index (Phi) is 5.90. The lowest BCUT2D eigenvalue weighted by Crippen LogP contribution is -2.50. The average Bonchev–Trinajstić information content (AvgIpc) is 3.23. The Bertz CT molecular complexity index is 1140. The maximum absolute atomic E-state index is 9.76. The van der Waals surface area contributed by atoms with E-state index in [9.17, 15) is 5.11 Å². The molecule has 1 aliphatic carbocycles. The molecule has 0 unspecified atom stereocenters. The highest BCUT2D eigenvalue weighted by Crippen LogP contribution is 2.29. The molecular weight excluding hydrogens is 416 g/mol. The monoisotopic (exact) mass is 448 g/mol. The Hall–Kier alpha value is -3.17. The molecular formula is C24H32N8O. The molecule has 3 heterocycles. The molecule has 2 aliphatic rings. The van der Waals surface area contributed by atoms with Crippen LogP contribution in [0.15, 0.2) is 30.6 Å². The number of phenols is 1. The van der Waals surface area contributed by atoms with E-state index in [2.05, 4.69) is 37.1 Å². The standard InChI is InChI=1S/C24H32N8O/c1-31-8-10-32(11-9-31)17-4-2-16(3-5-17)29-24-21(23(26)27-14-28-24)22(25)20-13-15-12-18(33)6-7-19(15)30-20/h6-7,12-14,16-17,25,30,33H,2-5,8-11H2,1H3,(H3,26,27,28,29). The molecule has 2 fully saturated rings. The zero-order chi connectivity index (χ0) is 22.9. The fraction of sp³-hybridized carbons (Fsp3) is 0.458. The van der Waals surface area contributed by atoms with Gasteiger partial charge in [-0.25, -0.2) is 9.97 Å². The molecule has 1 saturated heterocycles.